The lowest BCUT2D eigenvalue weighted by Gasteiger charge is -2.15. The number of carbonyl (C=O) groups excluding carboxylic acids is 1. The minimum absolute atomic E-state index is 0.135. The van der Waals surface area contributed by atoms with Gasteiger partial charge in [0.2, 0.25) is 5.95 Å². The molecule has 0 spiro atoms. The Morgan fingerprint density at radius 3 is 2.84 bits per heavy atom. The van der Waals surface area contributed by atoms with E-state index in [9.17, 15) is 4.79 Å². The van der Waals surface area contributed by atoms with Gasteiger partial charge in [0, 0.05) is 32.4 Å². The highest BCUT2D eigenvalue weighted by Crippen LogP contribution is 2.15. The molecule has 1 amide bonds. The Bertz CT molecular complexity index is 429. The summed E-state index contributed by atoms with van der Waals surface area (Å²) < 4.78 is 0. The molecule has 0 unspecified atom stereocenters. The lowest BCUT2D eigenvalue weighted by Crippen LogP contribution is -2.32. The van der Waals surface area contributed by atoms with Crippen molar-refractivity contribution in [1.82, 2.24) is 20.2 Å². The fraction of sp³-hybridized carbons (Fsp3) is 0.615. The monoisotopic (exact) mass is 263 g/mol. The molecule has 2 heterocycles. The molecule has 1 saturated heterocycles. The van der Waals surface area contributed by atoms with Gasteiger partial charge in [0.05, 0.1) is 0 Å². The maximum Gasteiger partial charge on any atom is 0.270 e. The van der Waals surface area contributed by atoms with Crippen molar-refractivity contribution in [3.8, 4) is 0 Å². The maximum atomic E-state index is 12.0. The van der Waals surface area contributed by atoms with E-state index in [0.717, 1.165) is 19.6 Å². The first kappa shape index (κ1) is 13.7. The summed E-state index contributed by atoms with van der Waals surface area (Å²) in [4.78, 5) is 24.7. The molecule has 0 atom stereocenters. The van der Waals surface area contributed by atoms with Crippen LogP contribution in [0, 0.1) is 0 Å². The molecule has 19 heavy (non-hydrogen) atoms. The smallest absolute Gasteiger partial charge is 0.270 e. The number of aromatic nitrogens is 2. The van der Waals surface area contributed by atoms with Crippen LogP contribution in [0.3, 0.4) is 0 Å². The second-order valence-electron chi connectivity index (χ2n) is 5.00. The lowest BCUT2D eigenvalue weighted by molar-refractivity contribution is 0.0946. The fourth-order valence-electron chi connectivity index (χ4n) is 2.03. The molecular formula is C13H21N5O. The number of nitrogens with zero attached hydrogens (tertiary/aromatic N) is 4. The number of hydrogen-bond donors (Lipinski definition) is 1. The van der Waals surface area contributed by atoms with E-state index in [0.29, 0.717) is 18.2 Å². The van der Waals surface area contributed by atoms with E-state index in [1.165, 1.54) is 12.8 Å². The molecule has 0 bridgehead atoms. The maximum absolute atomic E-state index is 12.0. The summed E-state index contributed by atoms with van der Waals surface area (Å²) in [5, 5.41) is 2.86. The predicted molar refractivity (Wildman–Crippen MR) is 74.4 cm³/mol. The van der Waals surface area contributed by atoms with Crippen molar-refractivity contribution in [1.29, 1.82) is 0 Å². The number of likely N-dealkylation sites (N-methyl/N-ethyl adjacent to an activating group) is 1. The van der Waals surface area contributed by atoms with Gasteiger partial charge in [-0.3, -0.25) is 4.79 Å². The SMILES string of the molecule is CN(C)CCNC(=O)c1ccnc(N2CCCC2)n1. The van der Waals surface area contributed by atoms with Gasteiger partial charge in [-0.05, 0) is 33.0 Å². The van der Waals surface area contributed by atoms with Crippen LogP contribution in [0.1, 0.15) is 23.3 Å². The number of rotatable bonds is 5. The molecule has 1 fully saturated rings. The molecule has 2 rings (SSSR count). The van der Waals surface area contributed by atoms with Crippen molar-refractivity contribution < 1.29 is 4.79 Å². The van der Waals surface area contributed by atoms with Crippen LogP contribution in [0.4, 0.5) is 5.95 Å². The Morgan fingerprint density at radius 1 is 1.42 bits per heavy atom. The van der Waals surface area contributed by atoms with E-state index in [2.05, 4.69) is 20.2 Å². The fourth-order valence-corrected chi connectivity index (χ4v) is 2.03. The van der Waals surface area contributed by atoms with Gasteiger partial charge >= 0.3 is 0 Å². The van der Waals surface area contributed by atoms with E-state index in [1.54, 1.807) is 12.3 Å². The molecule has 1 aliphatic heterocycles. The molecule has 0 aromatic carbocycles. The molecule has 0 radical (unpaired) electrons. The average Bonchev–Trinajstić information content (AvgIpc) is 2.92. The van der Waals surface area contributed by atoms with Crippen LogP contribution in [0.25, 0.3) is 0 Å². The molecule has 1 aromatic rings. The normalized spacial score (nSPS) is 15.0. The average molecular weight is 263 g/mol. The largest absolute Gasteiger partial charge is 0.349 e. The van der Waals surface area contributed by atoms with Crippen LogP contribution in [0.5, 0.6) is 0 Å². The van der Waals surface area contributed by atoms with Crippen LogP contribution < -0.4 is 10.2 Å². The number of nitrogens with one attached hydrogen (secondary N) is 1. The topological polar surface area (TPSA) is 61.4 Å². The van der Waals surface area contributed by atoms with Gasteiger partial charge < -0.3 is 15.1 Å². The number of anilines is 1. The van der Waals surface area contributed by atoms with Crippen LogP contribution in [0.15, 0.2) is 12.3 Å². The second kappa shape index (κ2) is 6.47. The Kier molecular flexibility index (Phi) is 4.68. The first-order chi connectivity index (χ1) is 9.16. The Balaban J connectivity index is 1.95. The third-order valence-corrected chi connectivity index (χ3v) is 3.11. The zero-order chi connectivity index (χ0) is 13.7. The van der Waals surface area contributed by atoms with Crippen molar-refractivity contribution in [2.24, 2.45) is 0 Å². The van der Waals surface area contributed by atoms with Crippen LogP contribution >= 0.6 is 0 Å². The van der Waals surface area contributed by atoms with Gasteiger partial charge in [-0.25, -0.2) is 9.97 Å². The Morgan fingerprint density at radius 2 is 2.16 bits per heavy atom. The zero-order valence-corrected chi connectivity index (χ0v) is 11.6. The first-order valence-electron chi connectivity index (χ1n) is 6.68. The second-order valence-corrected chi connectivity index (χ2v) is 5.00. The van der Waals surface area contributed by atoms with Crippen LogP contribution in [0.2, 0.25) is 0 Å². The molecule has 1 N–H and O–H groups in total. The Labute approximate surface area is 113 Å². The summed E-state index contributed by atoms with van der Waals surface area (Å²) in [6.45, 7) is 3.39. The van der Waals surface area contributed by atoms with Crippen molar-refractivity contribution in [3.63, 3.8) is 0 Å². The third-order valence-electron chi connectivity index (χ3n) is 3.11. The molecule has 6 heteroatoms. The predicted octanol–water partition coefficient (Wildman–Crippen LogP) is 0.368. The minimum Gasteiger partial charge on any atom is -0.349 e. The van der Waals surface area contributed by atoms with Crippen molar-refractivity contribution in [2.75, 3.05) is 45.2 Å². The van der Waals surface area contributed by atoms with Crippen molar-refractivity contribution in [3.05, 3.63) is 18.0 Å². The summed E-state index contributed by atoms with van der Waals surface area (Å²) in [6.07, 6.45) is 3.99. The zero-order valence-electron chi connectivity index (χ0n) is 11.6. The van der Waals surface area contributed by atoms with E-state index >= 15 is 0 Å². The number of hydrogen-bond acceptors (Lipinski definition) is 5. The highest BCUT2D eigenvalue weighted by atomic mass is 16.1. The number of amides is 1. The molecule has 0 saturated carbocycles. The van der Waals surface area contributed by atoms with Crippen molar-refractivity contribution >= 4 is 11.9 Å². The standard InChI is InChI=1S/C13H21N5O/c1-17(2)10-7-14-12(19)11-5-6-15-13(16-11)18-8-3-4-9-18/h5-6H,3-4,7-10H2,1-2H3,(H,14,19). The van der Waals surface area contributed by atoms with Gasteiger partial charge in [-0.1, -0.05) is 0 Å². The van der Waals surface area contributed by atoms with E-state index in [1.807, 2.05) is 19.0 Å². The lowest BCUT2D eigenvalue weighted by atomic mass is 10.3. The van der Waals surface area contributed by atoms with Crippen LogP contribution in [-0.2, 0) is 0 Å². The van der Waals surface area contributed by atoms with E-state index in [-0.39, 0.29) is 5.91 Å². The third kappa shape index (κ3) is 3.89. The molecule has 6 nitrogen and oxygen atoms in total. The Hall–Kier alpha value is -1.69. The summed E-state index contributed by atoms with van der Waals surface area (Å²) >= 11 is 0. The summed E-state index contributed by atoms with van der Waals surface area (Å²) in [6, 6.07) is 1.66. The van der Waals surface area contributed by atoms with Crippen molar-refractivity contribution in [2.45, 2.75) is 12.8 Å². The minimum atomic E-state index is -0.135. The molecule has 0 aliphatic carbocycles. The van der Waals surface area contributed by atoms with E-state index < -0.39 is 0 Å². The molecular weight excluding hydrogens is 242 g/mol. The van der Waals surface area contributed by atoms with Gasteiger partial charge in [-0.2, -0.15) is 0 Å². The van der Waals surface area contributed by atoms with Gasteiger partial charge in [0.25, 0.3) is 5.91 Å². The van der Waals surface area contributed by atoms with Gasteiger partial charge in [-0.15, -0.1) is 0 Å². The quantitative estimate of drug-likeness (QED) is 0.831. The summed E-state index contributed by atoms with van der Waals surface area (Å²) in [5.41, 5.74) is 0.440. The van der Waals surface area contributed by atoms with Gasteiger partial charge in [0.1, 0.15) is 5.69 Å². The van der Waals surface area contributed by atoms with Gasteiger partial charge in [0.15, 0.2) is 0 Å². The van der Waals surface area contributed by atoms with Crippen LogP contribution in [-0.4, -0.2) is 61.0 Å². The first-order valence-corrected chi connectivity index (χ1v) is 6.68. The molecule has 1 aliphatic rings. The molecule has 1 aromatic heterocycles. The highest BCUT2D eigenvalue weighted by molar-refractivity contribution is 5.92. The number of carbonyl (C=O) groups is 1. The molecule has 104 valence electrons. The van der Waals surface area contributed by atoms with E-state index in [4.69, 9.17) is 0 Å². The summed E-state index contributed by atoms with van der Waals surface area (Å²) in [7, 11) is 3.95. The highest BCUT2D eigenvalue weighted by Gasteiger charge is 2.16. The summed E-state index contributed by atoms with van der Waals surface area (Å²) in [5.74, 6) is 0.530.